The van der Waals surface area contributed by atoms with Crippen molar-refractivity contribution in [3.8, 4) is 5.75 Å². The standard InChI is InChI=1S/C13H19NO4/c1-2-17-13(15)7-8-16-9-10-18-12-5-3-11(14)4-6-12/h3-6H,2,7-10,14H2,1H3. The average molecular weight is 253 g/mol. The minimum atomic E-state index is -0.239. The SMILES string of the molecule is CCOC(=O)CCOCCOc1ccc(N)cc1. The third-order valence-electron chi connectivity index (χ3n) is 2.13. The van der Waals surface area contributed by atoms with Crippen molar-refractivity contribution < 1.29 is 19.0 Å². The van der Waals surface area contributed by atoms with E-state index in [1.165, 1.54) is 0 Å². The Bertz CT molecular complexity index is 351. The zero-order valence-electron chi connectivity index (χ0n) is 10.6. The largest absolute Gasteiger partial charge is 0.491 e. The molecule has 0 aromatic heterocycles. The summed E-state index contributed by atoms with van der Waals surface area (Å²) >= 11 is 0. The fraction of sp³-hybridized carbons (Fsp3) is 0.462. The first-order valence-corrected chi connectivity index (χ1v) is 5.94. The van der Waals surface area contributed by atoms with Crippen LogP contribution >= 0.6 is 0 Å². The van der Waals surface area contributed by atoms with Gasteiger partial charge in [-0.2, -0.15) is 0 Å². The predicted molar refractivity (Wildman–Crippen MR) is 68.4 cm³/mol. The van der Waals surface area contributed by atoms with Crippen molar-refractivity contribution in [2.75, 3.05) is 32.2 Å². The number of ether oxygens (including phenoxy) is 3. The Hall–Kier alpha value is -1.75. The van der Waals surface area contributed by atoms with Crippen LogP contribution in [0.3, 0.4) is 0 Å². The van der Waals surface area contributed by atoms with Crippen LogP contribution in [0.25, 0.3) is 0 Å². The monoisotopic (exact) mass is 253 g/mol. The Morgan fingerprint density at radius 3 is 2.56 bits per heavy atom. The minimum absolute atomic E-state index is 0.239. The number of carbonyl (C=O) groups excluding carboxylic acids is 1. The number of esters is 1. The number of hydrogen-bond acceptors (Lipinski definition) is 5. The molecule has 5 heteroatoms. The van der Waals surface area contributed by atoms with E-state index < -0.39 is 0 Å². The normalized spacial score (nSPS) is 10.1. The van der Waals surface area contributed by atoms with Crippen LogP contribution in [0, 0.1) is 0 Å². The molecular formula is C13H19NO4. The molecule has 0 atom stereocenters. The Kier molecular flexibility index (Phi) is 6.64. The summed E-state index contributed by atoms with van der Waals surface area (Å²) in [5, 5.41) is 0. The molecule has 0 aliphatic heterocycles. The summed E-state index contributed by atoms with van der Waals surface area (Å²) in [6.45, 7) is 3.40. The molecule has 0 fully saturated rings. The van der Waals surface area contributed by atoms with Crippen molar-refractivity contribution in [2.24, 2.45) is 0 Å². The fourth-order valence-corrected chi connectivity index (χ4v) is 1.27. The van der Waals surface area contributed by atoms with Crippen molar-refractivity contribution in [2.45, 2.75) is 13.3 Å². The number of nitrogen functional groups attached to an aromatic ring is 1. The van der Waals surface area contributed by atoms with E-state index in [1.807, 2.05) is 0 Å². The quantitative estimate of drug-likeness (QED) is 0.433. The molecule has 1 rings (SSSR count). The summed E-state index contributed by atoms with van der Waals surface area (Å²) in [7, 11) is 0. The zero-order valence-corrected chi connectivity index (χ0v) is 10.6. The maximum Gasteiger partial charge on any atom is 0.308 e. The molecule has 0 aliphatic carbocycles. The number of nitrogens with two attached hydrogens (primary N) is 1. The number of anilines is 1. The van der Waals surface area contributed by atoms with E-state index in [-0.39, 0.29) is 12.4 Å². The number of benzene rings is 1. The van der Waals surface area contributed by atoms with E-state index in [1.54, 1.807) is 31.2 Å². The number of rotatable bonds is 8. The molecular weight excluding hydrogens is 234 g/mol. The van der Waals surface area contributed by atoms with E-state index in [4.69, 9.17) is 19.9 Å². The molecule has 0 heterocycles. The summed E-state index contributed by atoms with van der Waals surface area (Å²) in [6, 6.07) is 7.15. The summed E-state index contributed by atoms with van der Waals surface area (Å²) in [4.78, 5) is 11.0. The van der Waals surface area contributed by atoms with Gasteiger partial charge in [-0.05, 0) is 31.2 Å². The molecule has 100 valence electrons. The predicted octanol–water partition coefficient (Wildman–Crippen LogP) is 1.62. The van der Waals surface area contributed by atoms with Gasteiger partial charge < -0.3 is 19.9 Å². The fourth-order valence-electron chi connectivity index (χ4n) is 1.27. The summed E-state index contributed by atoms with van der Waals surface area (Å²) in [5.41, 5.74) is 6.25. The van der Waals surface area contributed by atoms with Crippen molar-refractivity contribution in [1.29, 1.82) is 0 Å². The van der Waals surface area contributed by atoms with E-state index in [0.717, 1.165) is 5.75 Å². The van der Waals surface area contributed by atoms with Gasteiger partial charge in [0.2, 0.25) is 0 Å². The van der Waals surface area contributed by atoms with Crippen LogP contribution in [0.2, 0.25) is 0 Å². The van der Waals surface area contributed by atoms with Crippen molar-refractivity contribution in [1.82, 2.24) is 0 Å². The van der Waals surface area contributed by atoms with Crippen molar-refractivity contribution >= 4 is 11.7 Å². The molecule has 0 unspecified atom stereocenters. The molecule has 1 aromatic rings. The third kappa shape index (κ3) is 6.10. The second-order valence-corrected chi connectivity index (χ2v) is 3.58. The minimum Gasteiger partial charge on any atom is -0.491 e. The smallest absolute Gasteiger partial charge is 0.308 e. The van der Waals surface area contributed by atoms with E-state index in [2.05, 4.69) is 0 Å². The Labute approximate surface area is 107 Å². The lowest BCUT2D eigenvalue weighted by Crippen LogP contribution is -2.11. The summed E-state index contributed by atoms with van der Waals surface area (Å²) < 4.78 is 15.4. The highest BCUT2D eigenvalue weighted by molar-refractivity contribution is 5.69. The van der Waals surface area contributed by atoms with Gasteiger partial charge in [-0.3, -0.25) is 4.79 Å². The van der Waals surface area contributed by atoms with Crippen LogP contribution < -0.4 is 10.5 Å². The zero-order chi connectivity index (χ0) is 13.2. The topological polar surface area (TPSA) is 70.8 Å². The van der Waals surface area contributed by atoms with E-state index in [0.29, 0.717) is 32.1 Å². The molecule has 1 aromatic carbocycles. The van der Waals surface area contributed by atoms with E-state index >= 15 is 0 Å². The first-order valence-electron chi connectivity index (χ1n) is 5.94. The van der Waals surface area contributed by atoms with Crippen molar-refractivity contribution in [3.63, 3.8) is 0 Å². The Morgan fingerprint density at radius 1 is 1.17 bits per heavy atom. The molecule has 0 amide bonds. The van der Waals surface area contributed by atoms with E-state index in [9.17, 15) is 4.79 Å². The van der Waals surface area contributed by atoms with Crippen LogP contribution in [0.15, 0.2) is 24.3 Å². The lowest BCUT2D eigenvalue weighted by Gasteiger charge is -2.07. The molecule has 0 aliphatic rings. The Morgan fingerprint density at radius 2 is 1.89 bits per heavy atom. The highest BCUT2D eigenvalue weighted by Crippen LogP contribution is 2.12. The van der Waals surface area contributed by atoms with Crippen LogP contribution in [0.5, 0.6) is 5.75 Å². The van der Waals surface area contributed by atoms with Gasteiger partial charge in [0.15, 0.2) is 0 Å². The van der Waals surface area contributed by atoms with Gasteiger partial charge in [-0.25, -0.2) is 0 Å². The van der Waals surface area contributed by atoms with Crippen LogP contribution in [-0.2, 0) is 14.3 Å². The third-order valence-corrected chi connectivity index (χ3v) is 2.13. The number of carbonyl (C=O) groups is 1. The maximum atomic E-state index is 11.0. The molecule has 0 spiro atoms. The highest BCUT2D eigenvalue weighted by atomic mass is 16.5. The van der Waals surface area contributed by atoms with Crippen molar-refractivity contribution in [3.05, 3.63) is 24.3 Å². The van der Waals surface area contributed by atoms with Gasteiger partial charge in [0.1, 0.15) is 12.4 Å². The molecule has 2 N–H and O–H groups in total. The second kappa shape index (κ2) is 8.36. The maximum absolute atomic E-state index is 11.0. The lowest BCUT2D eigenvalue weighted by atomic mass is 10.3. The molecule has 0 saturated carbocycles. The average Bonchev–Trinajstić information content (AvgIpc) is 2.36. The first-order chi connectivity index (χ1) is 8.72. The Balaban J connectivity index is 2.02. The molecule has 0 saturated heterocycles. The summed E-state index contributed by atoms with van der Waals surface area (Å²) in [5.74, 6) is 0.509. The van der Waals surface area contributed by atoms with Crippen LogP contribution in [0.4, 0.5) is 5.69 Å². The van der Waals surface area contributed by atoms with Gasteiger partial charge in [0.05, 0.1) is 26.2 Å². The molecule has 0 radical (unpaired) electrons. The second-order valence-electron chi connectivity index (χ2n) is 3.58. The lowest BCUT2D eigenvalue weighted by molar-refractivity contribution is -0.144. The highest BCUT2D eigenvalue weighted by Gasteiger charge is 2.00. The van der Waals surface area contributed by atoms with Gasteiger partial charge in [0.25, 0.3) is 0 Å². The van der Waals surface area contributed by atoms with Gasteiger partial charge in [-0.15, -0.1) is 0 Å². The molecule has 0 bridgehead atoms. The number of hydrogen-bond donors (Lipinski definition) is 1. The van der Waals surface area contributed by atoms with Gasteiger partial charge >= 0.3 is 5.97 Å². The molecule has 5 nitrogen and oxygen atoms in total. The van der Waals surface area contributed by atoms with Gasteiger partial charge in [-0.1, -0.05) is 0 Å². The summed E-state index contributed by atoms with van der Waals surface area (Å²) in [6.07, 6.45) is 0.274. The van der Waals surface area contributed by atoms with Gasteiger partial charge in [0, 0.05) is 5.69 Å². The molecule has 18 heavy (non-hydrogen) atoms. The first kappa shape index (κ1) is 14.3. The van der Waals surface area contributed by atoms with Crippen LogP contribution in [0.1, 0.15) is 13.3 Å². The van der Waals surface area contributed by atoms with Crippen LogP contribution in [-0.4, -0.2) is 32.4 Å².